The van der Waals surface area contributed by atoms with Gasteiger partial charge in [0.15, 0.2) is 9.84 Å². The van der Waals surface area contributed by atoms with Gasteiger partial charge in [-0.1, -0.05) is 48.3 Å². The molecular formula is C25H22Cl2N2O3S. The molecule has 1 aromatic heterocycles. The number of hydrogen-bond donors (Lipinski definition) is 1. The molecule has 0 unspecified atom stereocenters. The minimum Gasteiger partial charge on any atom is -0.348 e. The molecule has 5 nitrogen and oxygen atoms in total. The van der Waals surface area contributed by atoms with Crippen LogP contribution in [0.4, 0.5) is 0 Å². The highest BCUT2D eigenvalue weighted by atomic mass is 35.5. The number of hydrogen-bond acceptors (Lipinski definition) is 3. The Balaban J connectivity index is 1.46. The lowest BCUT2D eigenvalue weighted by molar-refractivity contribution is 0.0951. The molecule has 0 aliphatic rings. The quantitative estimate of drug-likeness (QED) is 0.352. The second-order valence-corrected chi connectivity index (χ2v) is 10.7. The molecule has 4 aromatic rings. The van der Waals surface area contributed by atoms with Crippen LogP contribution in [0.2, 0.25) is 10.0 Å². The van der Waals surface area contributed by atoms with Crippen molar-refractivity contribution in [2.24, 2.45) is 0 Å². The maximum Gasteiger partial charge on any atom is 0.251 e. The first-order valence-electron chi connectivity index (χ1n) is 10.4. The van der Waals surface area contributed by atoms with E-state index in [0.29, 0.717) is 28.7 Å². The third-order valence-corrected chi connectivity index (χ3v) is 8.00. The molecule has 170 valence electrons. The third kappa shape index (κ3) is 5.08. The predicted molar refractivity (Wildman–Crippen MR) is 133 cm³/mol. The van der Waals surface area contributed by atoms with Crippen molar-refractivity contribution in [3.8, 4) is 0 Å². The second kappa shape index (κ2) is 9.59. The van der Waals surface area contributed by atoms with E-state index in [0.717, 1.165) is 22.0 Å². The molecule has 0 radical (unpaired) electrons. The van der Waals surface area contributed by atoms with E-state index in [1.165, 1.54) is 0 Å². The number of rotatable bonds is 7. The van der Waals surface area contributed by atoms with E-state index >= 15 is 0 Å². The Morgan fingerprint density at radius 3 is 2.33 bits per heavy atom. The van der Waals surface area contributed by atoms with Crippen molar-refractivity contribution in [2.75, 3.05) is 5.75 Å². The summed E-state index contributed by atoms with van der Waals surface area (Å²) in [5.74, 6) is -0.150. The topological polar surface area (TPSA) is 68.2 Å². The summed E-state index contributed by atoms with van der Waals surface area (Å²) >= 11 is 12.6. The Morgan fingerprint density at radius 1 is 0.970 bits per heavy atom. The van der Waals surface area contributed by atoms with Crippen LogP contribution in [0.15, 0.2) is 77.8 Å². The summed E-state index contributed by atoms with van der Waals surface area (Å²) in [6.45, 7) is 2.44. The van der Waals surface area contributed by atoms with Crippen molar-refractivity contribution in [3.05, 3.63) is 99.7 Å². The Bertz CT molecular complexity index is 1410. The van der Waals surface area contributed by atoms with Crippen LogP contribution in [0.3, 0.4) is 0 Å². The van der Waals surface area contributed by atoms with Crippen molar-refractivity contribution in [2.45, 2.75) is 24.9 Å². The fraction of sp³-hybridized carbons (Fsp3) is 0.160. The molecule has 4 rings (SSSR count). The summed E-state index contributed by atoms with van der Waals surface area (Å²) in [4.78, 5) is 13.0. The van der Waals surface area contributed by atoms with Gasteiger partial charge in [-0.05, 0) is 54.1 Å². The number of halogens is 2. The first-order chi connectivity index (χ1) is 15.8. The van der Waals surface area contributed by atoms with Gasteiger partial charge in [0, 0.05) is 44.8 Å². The maximum atomic E-state index is 12.7. The van der Waals surface area contributed by atoms with Gasteiger partial charge in [-0.15, -0.1) is 0 Å². The minimum atomic E-state index is -3.24. The van der Waals surface area contributed by atoms with Crippen LogP contribution in [0, 0.1) is 0 Å². The zero-order valence-corrected chi connectivity index (χ0v) is 20.2. The first-order valence-corrected chi connectivity index (χ1v) is 12.8. The zero-order valence-electron chi connectivity index (χ0n) is 17.9. The summed E-state index contributed by atoms with van der Waals surface area (Å²) in [5, 5.41) is 5.04. The third-order valence-electron chi connectivity index (χ3n) is 5.54. The van der Waals surface area contributed by atoms with E-state index in [2.05, 4.69) is 5.32 Å². The molecule has 0 saturated heterocycles. The number of amides is 1. The molecule has 0 saturated carbocycles. The Labute approximate surface area is 202 Å². The molecule has 0 fully saturated rings. The van der Waals surface area contributed by atoms with E-state index in [4.69, 9.17) is 23.2 Å². The number of nitrogens with one attached hydrogen (secondary N) is 1. The van der Waals surface area contributed by atoms with Crippen LogP contribution in [0.5, 0.6) is 0 Å². The van der Waals surface area contributed by atoms with Crippen molar-refractivity contribution < 1.29 is 13.2 Å². The molecule has 0 aliphatic heterocycles. The average Bonchev–Trinajstić information content (AvgIpc) is 3.22. The van der Waals surface area contributed by atoms with Crippen LogP contribution in [0.1, 0.15) is 28.4 Å². The highest BCUT2D eigenvalue weighted by Gasteiger charge is 2.13. The standard InChI is InChI=1S/C25H22Cl2N2O3S/c1-2-33(31,32)20-9-6-17(7-10-20)15-28-25(30)19-8-11-24-18(14-19)12-13-29(24)16-21-22(26)4-3-5-23(21)27/h3-14H,2,15-16H2,1H3,(H,28,30). The van der Waals surface area contributed by atoms with E-state index in [1.54, 1.807) is 37.3 Å². The molecule has 8 heteroatoms. The smallest absolute Gasteiger partial charge is 0.251 e. The molecule has 1 amide bonds. The van der Waals surface area contributed by atoms with Gasteiger partial charge in [0.25, 0.3) is 5.91 Å². The van der Waals surface area contributed by atoms with Crippen LogP contribution >= 0.6 is 23.2 Å². The number of fused-ring (bicyclic) bond motifs is 1. The lowest BCUT2D eigenvalue weighted by Crippen LogP contribution is -2.22. The van der Waals surface area contributed by atoms with Gasteiger partial charge >= 0.3 is 0 Å². The highest BCUT2D eigenvalue weighted by molar-refractivity contribution is 7.91. The number of aromatic nitrogens is 1. The average molecular weight is 501 g/mol. The monoisotopic (exact) mass is 500 g/mol. The zero-order chi connectivity index (χ0) is 23.6. The second-order valence-electron chi connectivity index (χ2n) is 7.65. The number of benzene rings is 3. The van der Waals surface area contributed by atoms with Gasteiger partial charge in [-0.25, -0.2) is 8.42 Å². The molecule has 33 heavy (non-hydrogen) atoms. The normalized spacial score (nSPS) is 11.6. The summed E-state index contributed by atoms with van der Waals surface area (Å²) in [5.41, 5.74) is 3.18. The van der Waals surface area contributed by atoms with E-state index in [1.807, 2.05) is 47.2 Å². The summed E-state index contributed by atoms with van der Waals surface area (Å²) in [6, 6.07) is 19.5. The van der Waals surface area contributed by atoms with Crippen molar-refractivity contribution in [1.82, 2.24) is 9.88 Å². The Hall–Kier alpha value is -2.80. The molecule has 1 N–H and O–H groups in total. The molecule has 0 spiro atoms. The summed E-state index contributed by atoms with van der Waals surface area (Å²) in [6.07, 6.45) is 1.94. The van der Waals surface area contributed by atoms with E-state index in [9.17, 15) is 13.2 Å². The SMILES string of the molecule is CCS(=O)(=O)c1ccc(CNC(=O)c2ccc3c(ccn3Cc3c(Cl)cccc3Cl)c2)cc1. The van der Waals surface area contributed by atoms with Gasteiger partial charge in [0.05, 0.1) is 17.2 Å². The van der Waals surface area contributed by atoms with Crippen molar-refractivity contribution >= 4 is 49.8 Å². The summed E-state index contributed by atoms with van der Waals surface area (Å²) < 4.78 is 25.9. The van der Waals surface area contributed by atoms with Crippen LogP contribution in [0.25, 0.3) is 10.9 Å². The lowest BCUT2D eigenvalue weighted by Gasteiger charge is -2.10. The highest BCUT2D eigenvalue weighted by Crippen LogP contribution is 2.27. The van der Waals surface area contributed by atoms with Gasteiger partial charge in [0.1, 0.15) is 0 Å². The van der Waals surface area contributed by atoms with Crippen LogP contribution < -0.4 is 5.32 Å². The van der Waals surface area contributed by atoms with Gasteiger partial charge in [-0.2, -0.15) is 0 Å². The van der Waals surface area contributed by atoms with Gasteiger partial charge in [0.2, 0.25) is 0 Å². The molecule has 3 aromatic carbocycles. The van der Waals surface area contributed by atoms with Crippen LogP contribution in [-0.2, 0) is 22.9 Å². The Morgan fingerprint density at radius 2 is 1.67 bits per heavy atom. The molecule has 1 heterocycles. The summed E-state index contributed by atoms with van der Waals surface area (Å²) in [7, 11) is -3.24. The fourth-order valence-electron chi connectivity index (χ4n) is 3.60. The van der Waals surface area contributed by atoms with Gasteiger partial charge in [-0.3, -0.25) is 4.79 Å². The lowest BCUT2D eigenvalue weighted by atomic mass is 10.1. The number of nitrogens with zero attached hydrogens (tertiary/aromatic N) is 1. The van der Waals surface area contributed by atoms with Crippen LogP contribution in [-0.4, -0.2) is 24.6 Å². The van der Waals surface area contributed by atoms with Crippen molar-refractivity contribution in [1.29, 1.82) is 0 Å². The van der Waals surface area contributed by atoms with E-state index < -0.39 is 9.84 Å². The largest absolute Gasteiger partial charge is 0.348 e. The number of carbonyl (C=O) groups is 1. The fourth-order valence-corrected chi connectivity index (χ4v) is 5.00. The maximum absolute atomic E-state index is 12.7. The number of carbonyl (C=O) groups excluding carboxylic acids is 1. The van der Waals surface area contributed by atoms with Crippen molar-refractivity contribution in [3.63, 3.8) is 0 Å². The molecular weight excluding hydrogens is 479 g/mol. The predicted octanol–water partition coefficient (Wildman–Crippen LogP) is 5.72. The first kappa shape index (κ1) is 23.4. The van der Waals surface area contributed by atoms with Gasteiger partial charge < -0.3 is 9.88 Å². The molecule has 0 bridgehead atoms. The number of sulfone groups is 1. The Kier molecular flexibility index (Phi) is 6.79. The molecule has 0 aliphatic carbocycles. The van der Waals surface area contributed by atoms with E-state index in [-0.39, 0.29) is 16.6 Å². The molecule has 0 atom stereocenters. The minimum absolute atomic E-state index is 0.0543.